The number of nitrogens with one attached hydrogen (secondary N) is 1. The van der Waals surface area contributed by atoms with Gasteiger partial charge < -0.3 is 10.1 Å². The standard InChI is InChI=1S/C18H18N4O3S/c1-12-8-13(2)22(21-12)16-6-5-14(9-19-16)18(24)25-11-17(23)20-10-15-4-3-7-26-15/h3-9H,10-11H2,1-2H3,(H,20,23). The quantitative estimate of drug-likeness (QED) is 0.674. The molecule has 0 aliphatic heterocycles. The van der Waals surface area contributed by atoms with Crippen LogP contribution >= 0.6 is 11.3 Å². The van der Waals surface area contributed by atoms with Crippen LogP contribution in [0.5, 0.6) is 0 Å². The molecule has 0 aliphatic rings. The molecule has 0 spiro atoms. The second kappa shape index (κ2) is 7.92. The van der Waals surface area contributed by atoms with Crippen molar-refractivity contribution in [2.24, 2.45) is 0 Å². The Kier molecular flexibility index (Phi) is 5.43. The van der Waals surface area contributed by atoms with Crippen molar-refractivity contribution in [3.05, 3.63) is 63.7 Å². The number of nitrogens with zero attached hydrogens (tertiary/aromatic N) is 3. The SMILES string of the molecule is Cc1cc(C)n(-c2ccc(C(=O)OCC(=O)NCc3cccs3)cn2)n1. The summed E-state index contributed by atoms with van der Waals surface area (Å²) >= 11 is 1.55. The van der Waals surface area contributed by atoms with E-state index < -0.39 is 5.97 Å². The van der Waals surface area contributed by atoms with Crippen LogP contribution in [0.2, 0.25) is 0 Å². The Morgan fingerprint density at radius 2 is 2.12 bits per heavy atom. The van der Waals surface area contributed by atoms with Crippen molar-refractivity contribution in [3.63, 3.8) is 0 Å². The van der Waals surface area contributed by atoms with E-state index >= 15 is 0 Å². The first-order chi connectivity index (χ1) is 12.5. The molecule has 0 bridgehead atoms. The fraction of sp³-hybridized carbons (Fsp3) is 0.222. The third kappa shape index (κ3) is 4.34. The van der Waals surface area contributed by atoms with Crippen LogP contribution in [0.4, 0.5) is 0 Å². The number of rotatable bonds is 6. The highest BCUT2D eigenvalue weighted by molar-refractivity contribution is 7.09. The zero-order chi connectivity index (χ0) is 18.5. The van der Waals surface area contributed by atoms with E-state index in [2.05, 4.69) is 15.4 Å². The van der Waals surface area contributed by atoms with Crippen LogP contribution in [0.25, 0.3) is 5.82 Å². The zero-order valence-electron chi connectivity index (χ0n) is 14.4. The van der Waals surface area contributed by atoms with Crippen LogP contribution in [0.3, 0.4) is 0 Å². The molecule has 26 heavy (non-hydrogen) atoms. The Morgan fingerprint density at radius 1 is 1.27 bits per heavy atom. The summed E-state index contributed by atoms with van der Waals surface area (Å²) in [5.41, 5.74) is 2.12. The predicted octanol–water partition coefficient (Wildman–Crippen LogP) is 2.42. The highest BCUT2D eigenvalue weighted by Gasteiger charge is 2.12. The summed E-state index contributed by atoms with van der Waals surface area (Å²) in [7, 11) is 0. The average molecular weight is 370 g/mol. The molecule has 1 N–H and O–H groups in total. The van der Waals surface area contributed by atoms with Gasteiger partial charge in [-0.05, 0) is 43.5 Å². The number of amides is 1. The van der Waals surface area contributed by atoms with Gasteiger partial charge in [-0.3, -0.25) is 4.79 Å². The zero-order valence-corrected chi connectivity index (χ0v) is 15.2. The number of aryl methyl sites for hydroxylation is 2. The first-order valence-corrected chi connectivity index (χ1v) is 8.87. The molecular formula is C18H18N4O3S. The molecule has 3 aromatic rings. The number of thiophene rings is 1. The van der Waals surface area contributed by atoms with Gasteiger partial charge in [-0.15, -0.1) is 11.3 Å². The molecule has 7 nitrogen and oxygen atoms in total. The molecule has 134 valence electrons. The third-order valence-corrected chi connectivity index (χ3v) is 4.46. The topological polar surface area (TPSA) is 86.1 Å². The van der Waals surface area contributed by atoms with Crippen molar-refractivity contribution in [2.75, 3.05) is 6.61 Å². The normalized spacial score (nSPS) is 10.5. The van der Waals surface area contributed by atoms with Gasteiger partial charge in [0, 0.05) is 16.8 Å². The van der Waals surface area contributed by atoms with Gasteiger partial charge >= 0.3 is 5.97 Å². The molecule has 0 aromatic carbocycles. The van der Waals surface area contributed by atoms with Gasteiger partial charge in [0.15, 0.2) is 12.4 Å². The molecule has 0 fully saturated rings. The second-order valence-corrected chi connectivity index (χ2v) is 6.71. The van der Waals surface area contributed by atoms with E-state index in [1.165, 1.54) is 6.20 Å². The number of aromatic nitrogens is 3. The summed E-state index contributed by atoms with van der Waals surface area (Å²) < 4.78 is 6.72. The van der Waals surface area contributed by atoms with Gasteiger partial charge in [0.2, 0.25) is 0 Å². The first-order valence-electron chi connectivity index (χ1n) is 7.99. The Bertz CT molecular complexity index is 901. The van der Waals surface area contributed by atoms with Crippen LogP contribution in [0, 0.1) is 13.8 Å². The minimum absolute atomic E-state index is 0.279. The minimum Gasteiger partial charge on any atom is -0.452 e. The molecule has 0 radical (unpaired) electrons. The van der Waals surface area contributed by atoms with Crippen LogP contribution < -0.4 is 5.32 Å². The van der Waals surface area contributed by atoms with Gasteiger partial charge in [0.25, 0.3) is 5.91 Å². The van der Waals surface area contributed by atoms with Gasteiger partial charge in [0.1, 0.15) is 0 Å². The summed E-state index contributed by atoms with van der Waals surface area (Å²) in [4.78, 5) is 29.1. The van der Waals surface area contributed by atoms with Crippen molar-refractivity contribution in [3.8, 4) is 5.82 Å². The molecule has 8 heteroatoms. The maximum absolute atomic E-state index is 12.0. The third-order valence-electron chi connectivity index (χ3n) is 3.58. The van der Waals surface area contributed by atoms with Crippen molar-refractivity contribution < 1.29 is 14.3 Å². The van der Waals surface area contributed by atoms with Crippen molar-refractivity contribution in [1.29, 1.82) is 0 Å². The molecular weight excluding hydrogens is 352 g/mol. The van der Waals surface area contributed by atoms with Crippen LogP contribution in [0.15, 0.2) is 41.9 Å². The number of esters is 1. The molecule has 0 saturated carbocycles. The maximum Gasteiger partial charge on any atom is 0.340 e. The lowest BCUT2D eigenvalue weighted by Crippen LogP contribution is -2.28. The highest BCUT2D eigenvalue weighted by Crippen LogP contribution is 2.11. The van der Waals surface area contributed by atoms with E-state index in [1.54, 1.807) is 28.2 Å². The number of hydrogen-bond donors (Lipinski definition) is 1. The van der Waals surface area contributed by atoms with Crippen molar-refractivity contribution >= 4 is 23.2 Å². The van der Waals surface area contributed by atoms with E-state index in [0.29, 0.717) is 12.4 Å². The summed E-state index contributed by atoms with van der Waals surface area (Å²) in [6.45, 7) is 3.92. The van der Waals surface area contributed by atoms with E-state index in [1.807, 2.05) is 37.4 Å². The minimum atomic E-state index is -0.594. The van der Waals surface area contributed by atoms with E-state index in [9.17, 15) is 9.59 Å². The summed E-state index contributed by atoms with van der Waals surface area (Å²) in [6, 6.07) is 9.07. The maximum atomic E-state index is 12.0. The highest BCUT2D eigenvalue weighted by atomic mass is 32.1. The van der Waals surface area contributed by atoms with Gasteiger partial charge in [-0.25, -0.2) is 14.5 Å². The number of carbonyl (C=O) groups excluding carboxylic acids is 2. The Morgan fingerprint density at radius 3 is 2.73 bits per heavy atom. The molecule has 3 rings (SSSR count). The van der Waals surface area contributed by atoms with Crippen LogP contribution in [0.1, 0.15) is 26.6 Å². The van der Waals surface area contributed by atoms with Crippen LogP contribution in [-0.2, 0) is 16.1 Å². The predicted molar refractivity (Wildman–Crippen MR) is 97.3 cm³/mol. The van der Waals surface area contributed by atoms with Crippen molar-refractivity contribution in [2.45, 2.75) is 20.4 Å². The summed E-state index contributed by atoms with van der Waals surface area (Å²) in [5, 5.41) is 8.97. The fourth-order valence-corrected chi connectivity index (χ4v) is 3.00. The summed E-state index contributed by atoms with van der Waals surface area (Å²) in [5.74, 6) is -0.330. The monoisotopic (exact) mass is 370 g/mol. The van der Waals surface area contributed by atoms with Crippen LogP contribution in [-0.4, -0.2) is 33.2 Å². The number of pyridine rings is 1. The van der Waals surface area contributed by atoms with E-state index in [0.717, 1.165) is 16.3 Å². The Balaban J connectivity index is 1.53. The number of carbonyl (C=O) groups is 2. The smallest absolute Gasteiger partial charge is 0.340 e. The first kappa shape index (κ1) is 17.8. The van der Waals surface area contributed by atoms with Gasteiger partial charge in [0.05, 0.1) is 17.8 Å². The molecule has 3 heterocycles. The lowest BCUT2D eigenvalue weighted by molar-refractivity contribution is -0.124. The van der Waals surface area contributed by atoms with Gasteiger partial charge in [-0.2, -0.15) is 5.10 Å². The molecule has 0 atom stereocenters. The van der Waals surface area contributed by atoms with E-state index in [4.69, 9.17) is 4.74 Å². The number of hydrogen-bond acceptors (Lipinski definition) is 6. The second-order valence-electron chi connectivity index (χ2n) is 5.68. The Labute approximate surface area is 154 Å². The fourth-order valence-electron chi connectivity index (χ4n) is 2.36. The molecule has 0 unspecified atom stereocenters. The lowest BCUT2D eigenvalue weighted by atomic mass is 10.3. The summed E-state index contributed by atoms with van der Waals surface area (Å²) in [6.07, 6.45) is 1.41. The molecule has 0 saturated heterocycles. The Hall–Kier alpha value is -3.00. The van der Waals surface area contributed by atoms with E-state index in [-0.39, 0.29) is 18.1 Å². The largest absolute Gasteiger partial charge is 0.452 e. The lowest BCUT2D eigenvalue weighted by Gasteiger charge is -2.07. The molecule has 1 amide bonds. The average Bonchev–Trinajstić information content (AvgIpc) is 3.27. The number of ether oxygens (including phenoxy) is 1. The van der Waals surface area contributed by atoms with Crippen molar-refractivity contribution in [1.82, 2.24) is 20.1 Å². The molecule has 0 aliphatic carbocycles. The van der Waals surface area contributed by atoms with Gasteiger partial charge in [-0.1, -0.05) is 6.07 Å². The molecule has 3 aromatic heterocycles.